The maximum absolute atomic E-state index is 12.2. The maximum Gasteiger partial charge on any atom is 0.413 e. The van der Waals surface area contributed by atoms with Crippen molar-refractivity contribution in [3.63, 3.8) is 0 Å². The molecule has 2 aromatic carbocycles. The number of hydrogen-bond donors (Lipinski definition) is 2. The molecule has 0 saturated heterocycles. The highest BCUT2D eigenvalue weighted by atomic mass is 32.1. The van der Waals surface area contributed by atoms with Crippen LogP contribution in [-0.2, 0) is 10.3 Å². The van der Waals surface area contributed by atoms with Gasteiger partial charge >= 0.3 is 6.09 Å². The summed E-state index contributed by atoms with van der Waals surface area (Å²) in [5.74, 6) is 0.00417. The third-order valence-electron chi connectivity index (χ3n) is 4.50. The number of ether oxygens (including phenoxy) is 1. The first-order valence-corrected chi connectivity index (χ1v) is 9.43. The number of carbonyl (C=O) groups excluding carboxylic acids is 1. The van der Waals surface area contributed by atoms with Crippen molar-refractivity contribution in [2.45, 2.75) is 25.4 Å². The lowest BCUT2D eigenvalue weighted by Crippen LogP contribution is -2.17. The molecule has 0 unspecified atom stereocenters. The summed E-state index contributed by atoms with van der Waals surface area (Å²) in [6.07, 6.45) is -0.588. The number of amides is 1. The van der Waals surface area contributed by atoms with Crippen LogP contribution in [0.5, 0.6) is 0 Å². The first-order valence-electron chi connectivity index (χ1n) is 8.62. The highest BCUT2D eigenvalue weighted by Crippen LogP contribution is 2.44. The SMILES string of the molecule is CC(C)(O)c1nnc(NC(=O)OCC2c3ccccc3-c3ccccc32)s1. The lowest BCUT2D eigenvalue weighted by atomic mass is 9.98. The standard InChI is InChI=1S/C20H19N3O3S/c1-20(2,25)17-22-23-18(27-17)21-19(24)26-11-16-14-9-5-3-7-12(14)13-8-4-6-10-15(13)16/h3-10,16,25H,11H2,1-2H3,(H,21,23,24). The van der Waals surface area contributed by atoms with Crippen molar-refractivity contribution < 1.29 is 14.6 Å². The number of aromatic nitrogens is 2. The fourth-order valence-electron chi connectivity index (χ4n) is 3.24. The van der Waals surface area contributed by atoms with Crippen LogP contribution in [0.4, 0.5) is 9.93 Å². The van der Waals surface area contributed by atoms with E-state index in [1.807, 2.05) is 24.3 Å². The average Bonchev–Trinajstić information content (AvgIpc) is 3.23. The van der Waals surface area contributed by atoms with Gasteiger partial charge in [-0.25, -0.2) is 4.79 Å². The van der Waals surface area contributed by atoms with E-state index in [0.29, 0.717) is 10.1 Å². The van der Waals surface area contributed by atoms with Gasteiger partial charge in [-0.3, -0.25) is 5.32 Å². The lowest BCUT2D eigenvalue weighted by molar-refractivity contribution is 0.0775. The molecule has 1 aliphatic rings. The van der Waals surface area contributed by atoms with Gasteiger partial charge in [0.05, 0.1) is 0 Å². The second-order valence-corrected chi connectivity index (χ2v) is 7.90. The van der Waals surface area contributed by atoms with E-state index >= 15 is 0 Å². The molecule has 138 valence electrons. The Morgan fingerprint density at radius 2 is 1.70 bits per heavy atom. The Bertz CT molecular complexity index is 948. The molecule has 6 nitrogen and oxygen atoms in total. The number of hydrogen-bond acceptors (Lipinski definition) is 6. The third kappa shape index (κ3) is 3.43. The van der Waals surface area contributed by atoms with E-state index in [4.69, 9.17) is 4.74 Å². The summed E-state index contributed by atoms with van der Waals surface area (Å²) in [6.45, 7) is 3.46. The predicted molar refractivity (Wildman–Crippen MR) is 104 cm³/mol. The molecule has 1 amide bonds. The van der Waals surface area contributed by atoms with Gasteiger partial charge < -0.3 is 9.84 Å². The second kappa shape index (κ2) is 6.75. The van der Waals surface area contributed by atoms with Crippen LogP contribution < -0.4 is 5.32 Å². The molecule has 1 aliphatic carbocycles. The minimum absolute atomic E-state index is 0.00417. The monoisotopic (exact) mass is 381 g/mol. The van der Waals surface area contributed by atoms with Gasteiger partial charge in [-0.2, -0.15) is 0 Å². The van der Waals surface area contributed by atoms with Crippen LogP contribution in [0.25, 0.3) is 11.1 Å². The van der Waals surface area contributed by atoms with E-state index in [-0.39, 0.29) is 12.5 Å². The normalized spacial score (nSPS) is 13.1. The first-order chi connectivity index (χ1) is 12.9. The van der Waals surface area contributed by atoms with Crippen molar-refractivity contribution in [1.29, 1.82) is 0 Å². The first kappa shape index (κ1) is 17.6. The van der Waals surface area contributed by atoms with Crippen LogP contribution in [0.3, 0.4) is 0 Å². The van der Waals surface area contributed by atoms with Crippen molar-refractivity contribution in [3.8, 4) is 11.1 Å². The van der Waals surface area contributed by atoms with Gasteiger partial charge in [0.1, 0.15) is 17.2 Å². The van der Waals surface area contributed by atoms with Crippen molar-refractivity contribution in [2.24, 2.45) is 0 Å². The Hall–Kier alpha value is -2.77. The molecule has 1 aromatic heterocycles. The zero-order valence-electron chi connectivity index (χ0n) is 15.0. The van der Waals surface area contributed by atoms with E-state index in [1.165, 1.54) is 11.1 Å². The van der Waals surface area contributed by atoms with Gasteiger partial charge in [-0.05, 0) is 36.1 Å². The second-order valence-electron chi connectivity index (χ2n) is 6.92. The zero-order chi connectivity index (χ0) is 19.0. The molecular weight excluding hydrogens is 362 g/mol. The molecule has 27 heavy (non-hydrogen) atoms. The van der Waals surface area contributed by atoms with Crippen molar-refractivity contribution in [1.82, 2.24) is 10.2 Å². The van der Waals surface area contributed by atoms with E-state index in [9.17, 15) is 9.90 Å². The average molecular weight is 381 g/mol. The third-order valence-corrected chi connectivity index (χ3v) is 5.65. The molecule has 4 rings (SSSR count). The Morgan fingerprint density at radius 1 is 1.11 bits per heavy atom. The molecule has 2 N–H and O–H groups in total. The zero-order valence-corrected chi connectivity index (χ0v) is 15.8. The highest BCUT2D eigenvalue weighted by Gasteiger charge is 2.29. The summed E-state index contributed by atoms with van der Waals surface area (Å²) in [6, 6.07) is 16.3. The molecule has 7 heteroatoms. The summed E-state index contributed by atoms with van der Waals surface area (Å²) in [5, 5.41) is 21.0. The topological polar surface area (TPSA) is 84.3 Å². The summed E-state index contributed by atoms with van der Waals surface area (Å²) < 4.78 is 5.46. The van der Waals surface area contributed by atoms with Crippen LogP contribution in [0.1, 0.15) is 35.9 Å². The molecule has 0 atom stereocenters. The van der Waals surface area contributed by atoms with Crippen LogP contribution >= 0.6 is 11.3 Å². The van der Waals surface area contributed by atoms with Gasteiger partial charge in [-0.15, -0.1) is 10.2 Å². The fraction of sp³-hybridized carbons (Fsp3) is 0.250. The quantitative estimate of drug-likeness (QED) is 0.710. The number of rotatable bonds is 4. The Morgan fingerprint density at radius 3 is 2.26 bits per heavy atom. The number of anilines is 1. The van der Waals surface area contributed by atoms with E-state index in [0.717, 1.165) is 22.5 Å². The number of benzene rings is 2. The summed E-state index contributed by atoms with van der Waals surface area (Å²) in [4.78, 5) is 12.2. The molecule has 0 aliphatic heterocycles. The summed E-state index contributed by atoms with van der Waals surface area (Å²) in [7, 11) is 0. The number of carbonyl (C=O) groups is 1. The molecule has 0 radical (unpaired) electrons. The molecule has 3 aromatic rings. The number of nitrogens with zero attached hydrogens (tertiary/aromatic N) is 2. The lowest BCUT2D eigenvalue weighted by Gasteiger charge is -2.14. The van der Waals surface area contributed by atoms with E-state index < -0.39 is 11.7 Å². The number of nitrogens with one attached hydrogen (secondary N) is 1. The maximum atomic E-state index is 12.2. The molecule has 0 fully saturated rings. The molecule has 0 bridgehead atoms. The molecular formula is C20H19N3O3S. The Labute approximate surface area is 160 Å². The largest absolute Gasteiger partial charge is 0.448 e. The van der Waals surface area contributed by atoms with Gasteiger partial charge in [0, 0.05) is 5.92 Å². The Kier molecular flexibility index (Phi) is 4.41. The van der Waals surface area contributed by atoms with Crippen molar-refractivity contribution >= 4 is 22.6 Å². The van der Waals surface area contributed by atoms with E-state index in [2.05, 4.69) is 39.8 Å². The fourth-order valence-corrected chi connectivity index (χ4v) is 3.97. The molecule has 1 heterocycles. The van der Waals surface area contributed by atoms with Gasteiger partial charge in [0.25, 0.3) is 0 Å². The van der Waals surface area contributed by atoms with Crippen LogP contribution in [-0.4, -0.2) is 28.0 Å². The molecule has 0 spiro atoms. The van der Waals surface area contributed by atoms with Crippen molar-refractivity contribution in [3.05, 3.63) is 64.7 Å². The number of aliphatic hydroxyl groups is 1. The van der Waals surface area contributed by atoms with Gasteiger partial charge in [0.15, 0.2) is 0 Å². The summed E-state index contributed by atoms with van der Waals surface area (Å²) in [5.41, 5.74) is 3.58. The predicted octanol–water partition coefficient (Wildman–Crippen LogP) is 4.13. The highest BCUT2D eigenvalue weighted by molar-refractivity contribution is 7.15. The van der Waals surface area contributed by atoms with Gasteiger partial charge in [-0.1, -0.05) is 59.9 Å². The Balaban J connectivity index is 1.46. The molecule has 0 saturated carbocycles. The smallest absolute Gasteiger partial charge is 0.413 e. The van der Waals surface area contributed by atoms with Gasteiger partial charge in [0.2, 0.25) is 5.13 Å². The van der Waals surface area contributed by atoms with Crippen LogP contribution in [0, 0.1) is 0 Å². The van der Waals surface area contributed by atoms with Crippen molar-refractivity contribution in [2.75, 3.05) is 11.9 Å². The minimum Gasteiger partial charge on any atom is -0.448 e. The summed E-state index contributed by atoms with van der Waals surface area (Å²) >= 11 is 1.12. The van der Waals surface area contributed by atoms with Crippen LogP contribution in [0.15, 0.2) is 48.5 Å². The van der Waals surface area contributed by atoms with E-state index in [1.54, 1.807) is 13.8 Å². The number of fused-ring (bicyclic) bond motifs is 3. The van der Waals surface area contributed by atoms with Crippen LogP contribution in [0.2, 0.25) is 0 Å². The minimum atomic E-state index is -1.10.